The van der Waals surface area contributed by atoms with Crippen molar-refractivity contribution in [2.75, 3.05) is 5.32 Å². The van der Waals surface area contributed by atoms with Crippen LogP contribution in [-0.4, -0.2) is 24.7 Å². The minimum atomic E-state index is -0.559. The monoisotopic (exact) mass is 486 g/mol. The summed E-state index contributed by atoms with van der Waals surface area (Å²) in [7, 11) is 0. The molecule has 0 saturated carbocycles. The first-order chi connectivity index (χ1) is 17.0. The summed E-state index contributed by atoms with van der Waals surface area (Å²) in [6, 6.07) is 20.0. The molecule has 0 aliphatic heterocycles. The van der Waals surface area contributed by atoms with Crippen LogP contribution in [0.2, 0.25) is 5.02 Å². The first kappa shape index (κ1) is 22.3. The molecule has 35 heavy (non-hydrogen) atoms. The van der Waals surface area contributed by atoms with Gasteiger partial charge in [0.2, 0.25) is 17.5 Å². The first-order valence-corrected chi connectivity index (χ1v) is 11.0. The number of benzene rings is 2. The van der Waals surface area contributed by atoms with E-state index in [0.717, 1.165) is 5.56 Å². The lowest BCUT2D eigenvalue weighted by molar-refractivity contribution is 0.463. The van der Waals surface area contributed by atoms with Crippen LogP contribution >= 0.6 is 11.6 Å². The summed E-state index contributed by atoms with van der Waals surface area (Å²) in [5.74, 6) is 1.49. The Morgan fingerprint density at radius 1 is 1.03 bits per heavy atom. The Hall–Kier alpha value is -4.50. The van der Waals surface area contributed by atoms with Crippen molar-refractivity contribution in [1.82, 2.24) is 24.7 Å². The maximum Gasteiger partial charge on any atom is 0.306 e. The largest absolute Gasteiger partial charge is 0.443 e. The van der Waals surface area contributed by atoms with E-state index in [1.807, 2.05) is 36.4 Å². The number of aromatic nitrogens is 5. The van der Waals surface area contributed by atoms with Crippen molar-refractivity contribution < 1.29 is 9.15 Å². The summed E-state index contributed by atoms with van der Waals surface area (Å²) in [6.07, 6.45) is 3.12. The van der Waals surface area contributed by atoms with Crippen LogP contribution in [0.15, 0.2) is 88.4 Å². The molecule has 0 aliphatic rings. The van der Waals surface area contributed by atoms with E-state index < -0.39 is 5.56 Å². The summed E-state index contributed by atoms with van der Waals surface area (Å²) >= 11 is 6.02. The van der Waals surface area contributed by atoms with Crippen LogP contribution in [0.25, 0.3) is 11.6 Å². The van der Waals surface area contributed by atoms with E-state index >= 15 is 0 Å². The highest BCUT2D eigenvalue weighted by Crippen LogP contribution is 2.23. The third kappa shape index (κ3) is 5.36. The lowest BCUT2D eigenvalue weighted by atomic mass is 10.2. The third-order valence-corrected chi connectivity index (χ3v) is 5.17. The number of pyridine rings is 1. The van der Waals surface area contributed by atoms with E-state index in [-0.39, 0.29) is 17.5 Å². The topological polar surface area (TPSA) is 108 Å². The van der Waals surface area contributed by atoms with Crippen molar-refractivity contribution in [1.29, 1.82) is 0 Å². The molecular formula is C25H19ClN6O3. The predicted octanol–water partition coefficient (Wildman–Crippen LogP) is 5.23. The second kappa shape index (κ2) is 9.78. The van der Waals surface area contributed by atoms with Crippen molar-refractivity contribution in [2.45, 2.75) is 13.5 Å². The van der Waals surface area contributed by atoms with Crippen molar-refractivity contribution in [3.63, 3.8) is 0 Å². The number of aryl methyl sites for hydroxylation is 1. The van der Waals surface area contributed by atoms with Gasteiger partial charge >= 0.3 is 5.56 Å². The molecule has 0 bridgehead atoms. The molecule has 10 heteroatoms. The maximum atomic E-state index is 12.8. The fraction of sp³-hybridized carbons (Fsp3) is 0.0800. The molecule has 1 N–H and O–H groups in total. The van der Waals surface area contributed by atoms with E-state index in [0.29, 0.717) is 34.6 Å². The number of nitrogens with one attached hydrogen (secondary N) is 1. The Balaban J connectivity index is 1.45. The molecule has 0 radical (unpaired) electrons. The average molecular weight is 487 g/mol. The Labute approximate surface area is 205 Å². The molecule has 0 fully saturated rings. The number of anilines is 2. The minimum absolute atomic E-state index is 0.0247. The molecule has 0 unspecified atom stereocenters. The lowest BCUT2D eigenvalue weighted by Crippen LogP contribution is -2.22. The van der Waals surface area contributed by atoms with Gasteiger partial charge in [-0.05, 0) is 55.0 Å². The second-order valence-corrected chi connectivity index (χ2v) is 8.02. The first-order valence-electron chi connectivity index (χ1n) is 10.7. The summed E-state index contributed by atoms with van der Waals surface area (Å²) in [5.41, 5.74) is 1.72. The second-order valence-electron chi connectivity index (χ2n) is 7.59. The van der Waals surface area contributed by atoms with Crippen LogP contribution in [-0.2, 0) is 6.54 Å². The number of rotatable bonds is 7. The van der Waals surface area contributed by atoms with Gasteiger partial charge in [-0.2, -0.15) is 10.1 Å². The van der Waals surface area contributed by atoms with Crippen LogP contribution in [0.3, 0.4) is 0 Å². The molecule has 0 saturated heterocycles. The smallest absolute Gasteiger partial charge is 0.306 e. The normalized spacial score (nSPS) is 10.8. The van der Waals surface area contributed by atoms with Gasteiger partial charge in [-0.1, -0.05) is 29.8 Å². The van der Waals surface area contributed by atoms with E-state index in [4.69, 9.17) is 20.8 Å². The molecule has 5 rings (SSSR count). The molecule has 0 spiro atoms. The van der Waals surface area contributed by atoms with E-state index in [1.54, 1.807) is 48.1 Å². The van der Waals surface area contributed by atoms with Crippen LogP contribution in [0.5, 0.6) is 11.6 Å². The van der Waals surface area contributed by atoms with Gasteiger partial charge in [0, 0.05) is 23.0 Å². The number of hydrogen-bond acceptors (Lipinski definition) is 8. The molecule has 3 aromatic heterocycles. The van der Waals surface area contributed by atoms with Crippen molar-refractivity contribution in [3.8, 4) is 23.2 Å². The fourth-order valence-electron chi connectivity index (χ4n) is 3.24. The standard InChI is InChI=1S/C25H19ClN6O3/c1-16-15-34-24(28-16)22-23(33)30-25(32(31-22)14-17-5-7-18(26)8-6-17)29-19-9-11-20(12-10-19)35-21-4-2-3-13-27-21/h2-13,15H,14H2,1H3,(H,29,30,33). The zero-order valence-corrected chi connectivity index (χ0v) is 19.3. The van der Waals surface area contributed by atoms with Crippen LogP contribution < -0.4 is 15.6 Å². The molecule has 3 heterocycles. The summed E-state index contributed by atoms with van der Waals surface area (Å²) < 4.78 is 12.7. The highest BCUT2D eigenvalue weighted by Gasteiger charge is 2.17. The highest BCUT2D eigenvalue weighted by atomic mass is 35.5. The van der Waals surface area contributed by atoms with Gasteiger partial charge in [-0.25, -0.2) is 14.6 Å². The third-order valence-electron chi connectivity index (χ3n) is 4.91. The van der Waals surface area contributed by atoms with Gasteiger partial charge in [0.15, 0.2) is 0 Å². The molecule has 2 aromatic carbocycles. The number of ether oxygens (including phenoxy) is 1. The zero-order chi connectivity index (χ0) is 24.2. The fourth-order valence-corrected chi connectivity index (χ4v) is 3.37. The van der Waals surface area contributed by atoms with E-state index in [1.165, 1.54) is 6.26 Å². The van der Waals surface area contributed by atoms with Crippen molar-refractivity contribution >= 4 is 23.2 Å². The summed E-state index contributed by atoms with van der Waals surface area (Å²) in [4.78, 5) is 25.4. The van der Waals surface area contributed by atoms with Gasteiger partial charge in [-0.15, -0.1) is 0 Å². The van der Waals surface area contributed by atoms with Crippen LogP contribution in [0.4, 0.5) is 11.6 Å². The average Bonchev–Trinajstić information content (AvgIpc) is 3.30. The summed E-state index contributed by atoms with van der Waals surface area (Å²) in [5, 5.41) is 8.29. The molecule has 0 aliphatic carbocycles. The minimum Gasteiger partial charge on any atom is -0.443 e. The Kier molecular flexibility index (Phi) is 6.23. The Bertz CT molecular complexity index is 1500. The quantitative estimate of drug-likeness (QED) is 0.333. The SMILES string of the molecule is Cc1coc(-c2nn(Cc3ccc(Cl)cc3)c(Nc3ccc(Oc4ccccn4)cc3)nc2=O)n1. The van der Waals surface area contributed by atoms with Crippen LogP contribution in [0.1, 0.15) is 11.3 Å². The van der Waals surface area contributed by atoms with Gasteiger partial charge in [0.25, 0.3) is 5.89 Å². The number of oxazole rings is 1. The molecule has 0 atom stereocenters. The summed E-state index contributed by atoms with van der Waals surface area (Å²) in [6.45, 7) is 2.10. The lowest BCUT2D eigenvalue weighted by Gasteiger charge is -2.14. The number of halogens is 1. The van der Waals surface area contributed by atoms with Crippen molar-refractivity contribution in [3.05, 3.63) is 106 Å². The van der Waals surface area contributed by atoms with Crippen LogP contribution in [0, 0.1) is 6.92 Å². The van der Waals surface area contributed by atoms with Gasteiger partial charge < -0.3 is 14.5 Å². The number of nitrogens with zero attached hydrogens (tertiary/aromatic N) is 5. The molecule has 174 valence electrons. The predicted molar refractivity (Wildman–Crippen MR) is 131 cm³/mol. The maximum absolute atomic E-state index is 12.8. The molecular weight excluding hydrogens is 468 g/mol. The molecule has 5 aromatic rings. The highest BCUT2D eigenvalue weighted by molar-refractivity contribution is 6.30. The van der Waals surface area contributed by atoms with E-state index in [2.05, 4.69) is 25.4 Å². The Morgan fingerprint density at radius 3 is 2.51 bits per heavy atom. The van der Waals surface area contributed by atoms with Gasteiger partial charge in [0.1, 0.15) is 12.0 Å². The van der Waals surface area contributed by atoms with Gasteiger partial charge in [-0.3, -0.25) is 4.79 Å². The number of hydrogen-bond donors (Lipinski definition) is 1. The van der Waals surface area contributed by atoms with Gasteiger partial charge in [0.05, 0.1) is 12.2 Å². The molecule has 9 nitrogen and oxygen atoms in total. The van der Waals surface area contributed by atoms with E-state index in [9.17, 15) is 4.79 Å². The zero-order valence-electron chi connectivity index (χ0n) is 18.6. The van der Waals surface area contributed by atoms with Crippen molar-refractivity contribution in [2.24, 2.45) is 0 Å². The Morgan fingerprint density at radius 2 is 1.83 bits per heavy atom. The molecule has 0 amide bonds.